The van der Waals surface area contributed by atoms with Crippen LogP contribution in [0.4, 0.5) is 0 Å². The second-order valence-corrected chi connectivity index (χ2v) is 7.67. The van der Waals surface area contributed by atoms with Crippen molar-refractivity contribution in [2.75, 3.05) is 14.2 Å². The Morgan fingerprint density at radius 2 is 1.62 bits per heavy atom. The summed E-state index contributed by atoms with van der Waals surface area (Å²) in [5.41, 5.74) is 2.07. The van der Waals surface area contributed by atoms with Crippen LogP contribution in [0.15, 0.2) is 58.3 Å². The van der Waals surface area contributed by atoms with E-state index in [0.29, 0.717) is 0 Å². The maximum Gasteiger partial charge on any atom is 0.338 e. The summed E-state index contributed by atoms with van der Waals surface area (Å²) in [5.74, 6) is 0. The lowest BCUT2D eigenvalue weighted by Crippen LogP contribution is -1.93. The minimum absolute atomic E-state index is 0.843. The summed E-state index contributed by atoms with van der Waals surface area (Å²) in [6.07, 6.45) is 1.56. The van der Waals surface area contributed by atoms with Crippen molar-refractivity contribution in [1.29, 1.82) is 0 Å². The fourth-order valence-electron chi connectivity index (χ4n) is 1.76. The molecular formula is C16H18O3PS. The lowest BCUT2D eigenvalue weighted by Gasteiger charge is -2.15. The zero-order valence-corrected chi connectivity index (χ0v) is 14.0. The molecule has 0 fully saturated rings. The highest BCUT2D eigenvalue weighted by atomic mass is 32.2. The molecule has 0 N–H and O–H groups in total. The van der Waals surface area contributed by atoms with E-state index in [9.17, 15) is 4.57 Å². The van der Waals surface area contributed by atoms with E-state index in [1.54, 1.807) is 17.9 Å². The highest BCUT2D eigenvalue weighted by Gasteiger charge is 2.24. The Kier molecular flexibility index (Phi) is 5.65. The van der Waals surface area contributed by atoms with Crippen LogP contribution in [0.3, 0.4) is 0 Å². The second kappa shape index (κ2) is 7.28. The minimum Gasteiger partial charge on any atom is -0.311 e. The summed E-state index contributed by atoms with van der Waals surface area (Å²) in [4.78, 5) is 2.14. The van der Waals surface area contributed by atoms with E-state index >= 15 is 0 Å². The van der Waals surface area contributed by atoms with Gasteiger partial charge < -0.3 is 9.05 Å². The third kappa shape index (κ3) is 4.45. The molecule has 2 aromatic carbocycles. The number of aryl methyl sites for hydroxylation is 1. The third-order valence-corrected chi connectivity index (χ3v) is 5.69. The van der Waals surface area contributed by atoms with E-state index in [-0.39, 0.29) is 0 Å². The Morgan fingerprint density at radius 1 is 1.00 bits per heavy atom. The molecule has 0 aliphatic heterocycles. The van der Waals surface area contributed by atoms with Crippen molar-refractivity contribution in [3.05, 3.63) is 65.8 Å². The molecule has 5 heteroatoms. The molecule has 111 valence electrons. The molecule has 2 aromatic rings. The van der Waals surface area contributed by atoms with Crippen LogP contribution in [0.1, 0.15) is 11.1 Å². The average Bonchev–Trinajstić information content (AvgIpc) is 2.51. The summed E-state index contributed by atoms with van der Waals surface area (Å²) in [5, 5.41) is 0. The molecular weight excluding hydrogens is 303 g/mol. The fraction of sp³-hybridized carbons (Fsp3) is 0.188. The van der Waals surface area contributed by atoms with Crippen molar-refractivity contribution in [2.45, 2.75) is 16.7 Å². The van der Waals surface area contributed by atoms with Crippen LogP contribution in [-0.4, -0.2) is 14.2 Å². The first kappa shape index (κ1) is 16.3. The maximum atomic E-state index is 12.3. The molecule has 0 bridgehead atoms. The van der Waals surface area contributed by atoms with E-state index in [1.807, 2.05) is 24.3 Å². The van der Waals surface area contributed by atoms with Crippen LogP contribution < -0.4 is 0 Å². The summed E-state index contributed by atoms with van der Waals surface area (Å²) >= 11 is 1.62. The van der Waals surface area contributed by atoms with Gasteiger partial charge >= 0.3 is 7.60 Å². The predicted octanol–water partition coefficient (Wildman–Crippen LogP) is 5.14. The zero-order valence-electron chi connectivity index (χ0n) is 12.3. The SMILES string of the molecule is COP(=O)([CH]c1ccccc1Sc1ccc(C)cc1)OC. The average molecular weight is 321 g/mol. The van der Waals surface area contributed by atoms with Crippen LogP contribution in [0.25, 0.3) is 0 Å². The molecule has 0 unspecified atom stereocenters. The molecule has 0 aromatic heterocycles. The molecule has 0 spiro atoms. The standard InChI is InChI=1S/C16H18O3PS/c1-13-8-10-15(11-9-13)21-16-7-5-4-6-14(16)12-20(17,18-2)19-3/h4-12H,1-3H3. The third-order valence-electron chi connectivity index (χ3n) is 2.97. The molecule has 1 radical (unpaired) electrons. The van der Waals surface area contributed by atoms with Crippen molar-refractivity contribution in [3.8, 4) is 0 Å². The van der Waals surface area contributed by atoms with Gasteiger partial charge in [0.1, 0.15) is 6.16 Å². The molecule has 0 atom stereocenters. The van der Waals surface area contributed by atoms with Crippen molar-refractivity contribution < 1.29 is 13.6 Å². The molecule has 0 saturated heterocycles. The smallest absolute Gasteiger partial charge is 0.311 e. The van der Waals surface area contributed by atoms with Gasteiger partial charge in [-0.25, -0.2) is 0 Å². The van der Waals surface area contributed by atoms with Crippen LogP contribution in [0.5, 0.6) is 0 Å². The fourth-order valence-corrected chi connectivity index (χ4v) is 3.69. The maximum absolute atomic E-state index is 12.3. The Balaban J connectivity index is 2.24. The summed E-state index contributed by atoms with van der Waals surface area (Å²) in [7, 11) is -0.410. The summed E-state index contributed by atoms with van der Waals surface area (Å²) < 4.78 is 22.2. The Morgan fingerprint density at radius 3 is 2.24 bits per heavy atom. The van der Waals surface area contributed by atoms with Crippen molar-refractivity contribution >= 4 is 19.4 Å². The monoisotopic (exact) mass is 321 g/mol. The van der Waals surface area contributed by atoms with E-state index in [2.05, 4.69) is 31.2 Å². The molecule has 0 aliphatic rings. The molecule has 2 rings (SSSR count). The van der Waals surface area contributed by atoms with Gasteiger partial charge in [-0.05, 0) is 30.7 Å². The lowest BCUT2D eigenvalue weighted by atomic mass is 10.2. The first-order chi connectivity index (χ1) is 10.1. The van der Waals surface area contributed by atoms with Gasteiger partial charge in [-0.1, -0.05) is 47.7 Å². The molecule has 0 saturated carbocycles. The lowest BCUT2D eigenvalue weighted by molar-refractivity contribution is 0.283. The van der Waals surface area contributed by atoms with Crippen LogP contribution in [0.2, 0.25) is 0 Å². The molecule has 0 heterocycles. The summed E-state index contributed by atoms with van der Waals surface area (Å²) in [6, 6.07) is 16.0. The van der Waals surface area contributed by atoms with Gasteiger partial charge in [0.15, 0.2) is 0 Å². The van der Waals surface area contributed by atoms with Gasteiger partial charge in [0, 0.05) is 24.0 Å². The van der Waals surface area contributed by atoms with Gasteiger partial charge in [-0.15, -0.1) is 0 Å². The minimum atomic E-state index is -3.18. The number of hydrogen-bond donors (Lipinski definition) is 0. The van der Waals surface area contributed by atoms with Gasteiger partial charge in [-0.2, -0.15) is 0 Å². The first-order valence-corrected chi connectivity index (χ1v) is 8.90. The molecule has 0 amide bonds. The van der Waals surface area contributed by atoms with Crippen LogP contribution >= 0.6 is 19.4 Å². The van der Waals surface area contributed by atoms with Gasteiger partial charge in [-0.3, -0.25) is 4.57 Å². The second-order valence-electron chi connectivity index (χ2n) is 4.49. The Hall–Kier alpha value is -1.06. The predicted molar refractivity (Wildman–Crippen MR) is 86.8 cm³/mol. The highest BCUT2D eigenvalue weighted by molar-refractivity contribution is 7.99. The van der Waals surface area contributed by atoms with Gasteiger partial charge in [0.2, 0.25) is 0 Å². The van der Waals surface area contributed by atoms with Crippen molar-refractivity contribution in [1.82, 2.24) is 0 Å². The number of rotatable bonds is 6. The van der Waals surface area contributed by atoms with Gasteiger partial charge in [0.25, 0.3) is 0 Å². The quantitative estimate of drug-likeness (QED) is 0.690. The number of benzene rings is 2. The topological polar surface area (TPSA) is 35.5 Å². The van der Waals surface area contributed by atoms with E-state index < -0.39 is 7.60 Å². The number of hydrogen-bond acceptors (Lipinski definition) is 4. The van der Waals surface area contributed by atoms with Crippen LogP contribution in [0, 0.1) is 13.1 Å². The van der Waals surface area contributed by atoms with Gasteiger partial charge in [0.05, 0.1) is 0 Å². The van der Waals surface area contributed by atoms with E-state index in [0.717, 1.165) is 15.4 Å². The molecule has 0 aliphatic carbocycles. The Bertz CT molecular complexity index is 632. The summed E-state index contributed by atoms with van der Waals surface area (Å²) in [6.45, 7) is 2.06. The first-order valence-electron chi connectivity index (χ1n) is 6.47. The van der Waals surface area contributed by atoms with E-state index in [1.165, 1.54) is 19.8 Å². The highest BCUT2D eigenvalue weighted by Crippen LogP contribution is 2.53. The van der Waals surface area contributed by atoms with E-state index in [4.69, 9.17) is 9.05 Å². The zero-order chi connectivity index (χ0) is 15.3. The van der Waals surface area contributed by atoms with Crippen LogP contribution in [-0.2, 0) is 13.6 Å². The molecule has 21 heavy (non-hydrogen) atoms. The normalized spacial score (nSPS) is 11.6. The molecule has 3 nitrogen and oxygen atoms in total. The van der Waals surface area contributed by atoms with Crippen molar-refractivity contribution in [3.63, 3.8) is 0 Å². The Labute approximate surface area is 130 Å². The largest absolute Gasteiger partial charge is 0.338 e. The van der Waals surface area contributed by atoms with Crippen molar-refractivity contribution in [2.24, 2.45) is 0 Å².